The SMILES string of the molecule is OCCOCCNCC1CCSCC1. The molecule has 2 N–H and O–H groups in total. The molecule has 0 atom stereocenters. The predicted molar refractivity (Wildman–Crippen MR) is 60.8 cm³/mol. The standard InChI is InChI=1S/C10H21NO2S/c12-4-6-13-5-3-11-9-10-1-7-14-8-2-10/h10-12H,1-9H2. The van der Waals surface area contributed by atoms with Crippen molar-refractivity contribution < 1.29 is 9.84 Å². The number of hydrogen-bond acceptors (Lipinski definition) is 4. The molecular weight excluding hydrogens is 198 g/mol. The van der Waals surface area contributed by atoms with E-state index in [0.717, 1.165) is 19.0 Å². The Kier molecular flexibility index (Phi) is 7.50. The fourth-order valence-electron chi connectivity index (χ4n) is 1.57. The molecule has 4 heteroatoms. The molecule has 0 aromatic carbocycles. The Morgan fingerprint density at radius 1 is 1.29 bits per heavy atom. The average Bonchev–Trinajstić information content (AvgIpc) is 2.25. The van der Waals surface area contributed by atoms with Gasteiger partial charge in [0.1, 0.15) is 0 Å². The highest BCUT2D eigenvalue weighted by Crippen LogP contribution is 2.21. The zero-order chi connectivity index (χ0) is 10.1. The molecule has 84 valence electrons. The number of thioether (sulfide) groups is 1. The summed E-state index contributed by atoms with van der Waals surface area (Å²) in [7, 11) is 0. The van der Waals surface area contributed by atoms with Crippen LogP contribution in [0, 0.1) is 5.92 Å². The first-order chi connectivity index (χ1) is 6.93. The fourth-order valence-corrected chi connectivity index (χ4v) is 2.77. The van der Waals surface area contributed by atoms with E-state index in [-0.39, 0.29) is 6.61 Å². The van der Waals surface area contributed by atoms with Crippen LogP contribution in [0.1, 0.15) is 12.8 Å². The Morgan fingerprint density at radius 3 is 2.79 bits per heavy atom. The van der Waals surface area contributed by atoms with Gasteiger partial charge in [-0.15, -0.1) is 0 Å². The lowest BCUT2D eigenvalue weighted by Crippen LogP contribution is -2.28. The topological polar surface area (TPSA) is 41.5 Å². The third kappa shape index (κ3) is 5.86. The minimum absolute atomic E-state index is 0.125. The van der Waals surface area contributed by atoms with Gasteiger partial charge in [-0.2, -0.15) is 11.8 Å². The number of nitrogens with one attached hydrogen (secondary N) is 1. The van der Waals surface area contributed by atoms with Crippen molar-refractivity contribution in [2.75, 3.05) is 44.4 Å². The first-order valence-corrected chi connectivity index (χ1v) is 6.56. The molecule has 0 unspecified atom stereocenters. The number of rotatable bonds is 7. The van der Waals surface area contributed by atoms with Gasteiger partial charge < -0.3 is 15.2 Å². The van der Waals surface area contributed by atoms with Crippen LogP contribution in [0.2, 0.25) is 0 Å². The van der Waals surface area contributed by atoms with Crippen molar-refractivity contribution in [1.82, 2.24) is 5.32 Å². The molecule has 0 spiro atoms. The molecule has 3 nitrogen and oxygen atoms in total. The van der Waals surface area contributed by atoms with Gasteiger partial charge in [0, 0.05) is 6.54 Å². The Bertz CT molecular complexity index is 129. The highest BCUT2D eigenvalue weighted by atomic mass is 32.2. The van der Waals surface area contributed by atoms with Crippen LogP contribution in [-0.4, -0.2) is 49.5 Å². The van der Waals surface area contributed by atoms with E-state index in [9.17, 15) is 0 Å². The van der Waals surface area contributed by atoms with Gasteiger partial charge in [0.15, 0.2) is 0 Å². The number of hydrogen-bond donors (Lipinski definition) is 2. The molecule has 1 heterocycles. The molecule has 0 aliphatic carbocycles. The Hall–Kier alpha value is 0.230. The zero-order valence-electron chi connectivity index (χ0n) is 8.71. The monoisotopic (exact) mass is 219 g/mol. The van der Waals surface area contributed by atoms with Crippen molar-refractivity contribution in [2.45, 2.75) is 12.8 Å². The minimum atomic E-state index is 0.125. The first kappa shape index (κ1) is 12.3. The summed E-state index contributed by atoms with van der Waals surface area (Å²) in [6.07, 6.45) is 2.71. The Balaban J connectivity index is 1.82. The van der Waals surface area contributed by atoms with Gasteiger partial charge in [-0.25, -0.2) is 0 Å². The molecule has 1 rings (SSSR count). The fraction of sp³-hybridized carbons (Fsp3) is 1.00. The Labute approximate surface area is 90.6 Å². The second-order valence-corrected chi connectivity index (χ2v) is 4.82. The van der Waals surface area contributed by atoms with E-state index in [4.69, 9.17) is 9.84 Å². The molecule has 1 saturated heterocycles. The maximum atomic E-state index is 8.48. The smallest absolute Gasteiger partial charge is 0.0698 e. The van der Waals surface area contributed by atoms with E-state index in [2.05, 4.69) is 17.1 Å². The van der Waals surface area contributed by atoms with Crippen molar-refractivity contribution >= 4 is 11.8 Å². The summed E-state index contributed by atoms with van der Waals surface area (Å²) >= 11 is 2.07. The van der Waals surface area contributed by atoms with Crippen molar-refractivity contribution in [3.63, 3.8) is 0 Å². The van der Waals surface area contributed by atoms with Crippen LogP contribution in [0.4, 0.5) is 0 Å². The van der Waals surface area contributed by atoms with Gasteiger partial charge in [0.05, 0.1) is 19.8 Å². The van der Waals surface area contributed by atoms with Crippen molar-refractivity contribution in [2.24, 2.45) is 5.92 Å². The maximum Gasteiger partial charge on any atom is 0.0698 e. The van der Waals surface area contributed by atoms with Gasteiger partial charge in [-0.1, -0.05) is 0 Å². The maximum absolute atomic E-state index is 8.48. The van der Waals surface area contributed by atoms with Crippen molar-refractivity contribution in [3.8, 4) is 0 Å². The normalized spacial score (nSPS) is 18.6. The van der Waals surface area contributed by atoms with Crippen molar-refractivity contribution in [3.05, 3.63) is 0 Å². The molecular formula is C10H21NO2S. The largest absolute Gasteiger partial charge is 0.394 e. The molecule has 0 amide bonds. The summed E-state index contributed by atoms with van der Waals surface area (Å²) in [5, 5.41) is 11.9. The van der Waals surface area contributed by atoms with Crippen LogP contribution >= 0.6 is 11.8 Å². The van der Waals surface area contributed by atoms with E-state index in [1.165, 1.54) is 24.3 Å². The van der Waals surface area contributed by atoms with Gasteiger partial charge in [-0.3, -0.25) is 0 Å². The minimum Gasteiger partial charge on any atom is -0.394 e. The van der Waals surface area contributed by atoms with Crippen LogP contribution < -0.4 is 5.32 Å². The van der Waals surface area contributed by atoms with Gasteiger partial charge in [-0.05, 0) is 36.8 Å². The van der Waals surface area contributed by atoms with E-state index in [0.29, 0.717) is 13.2 Å². The average molecular weight is 219 g/mol. The number of ether oxygens (including phenoxy) is 1. The highest BCUT2D eigenvalue weighted by Gasteiger charge is 2.12. The van der Waals surface area contributed by atoms with Crippen LogP contribution in [0.5, 0.6) is 0 Å². The molecule has 0 radical (unpaired) electrons. The van der Waals surface area contributed by atoms with E-state index in [1.54, 1.807) is 0 Å². The van der Waals surface area contributed by atoms with Crippen LogP contribution in [0.15, 0.2) is 0 Å². The summed E-state index contributed by atoms with van der Waals surface area (Å²) in [6, 6.07) is 0. The summed E-state index contributed by atoms with van der Waals surface area (Å²) in [6.45, 7) is 3.33. The summed E-state index contributed by atoms with van der Waals surface area (Å²) in [5.41, 5.74) is 0. The molecule has 1 aliphatic rings. The second-order valence-electron chi connectivity index (χ2n) is 3.60. The summed E-state index contributed by atoms with van der Waals surface area (Å²) in [4.78, 5) is 0. The molecule has 0 saturated carbocycles. The second kappa shape index (κ2) is 8.53. The lowest BCUT2D eigenvalue weighted by atomic mass is 10.0. The van der Waals surface area contributed by atoms with Gasteiger partial charge in [0.2, 0.25) is 0 Å². The quantitative estimate of drug-likeness (QED) is 0.619. The summed E-state index contributed by atoms with van der Waals surface area (Å²) < 4.78 is 5.16. The number of aliphatic hydroxyl groups excluding tert-OH is 1. The van der Waals surface area contributed by atoms with Crippen LogP contribution in [0.25, 0.3) is 0 Å². The van der Waals surface area contributed by atoms with E-state index in [1.807, 2.05) is 0 Å². The highest BCUT2D eigenvalue weighted by molar-refractivity contribution is 7.99. The molecule has 0 aromatic rings. The van der Waals surface area contributed by atoms with Crippen LogP contribution in [0.3, 0.4) is 0 Å². The van der Waals surface area contributed by atoms with Crippen LogP contribution in [-0.2, 0) is 4.74 Å². The molecule has 0 bridgehead atoms. The third-order valence-corrected chi connectivity index (χ3v) is 3.48. The Morgan fingerprint density at radius 2 is 2.07 bits per heavy atom. The van der Waals surface area contributed by atoms with Gasteiger partial charge >= 0.3 is 0 Å². The predicted octanol–water partition coefficient (Wildman–Crippen LogP) is 0.728. The summed E-state index contributed by atoms with van der Waals surface area (Å²) in [5.74, 6) is 3.52. The molecule has 14 heavy (non-hydrogen) atoms. The zero-order valence-corrected chi connectivity index (χ0v) is 9.52. The van der Waals surface area contributed by atoms with Crippen molar-refractivity contribution in [1.29, 1.82) is 0 Å². The number of aliphatic hydroxyl groups is 1. The van der Waals surface area contributed by atoms with E-state index >= 15 is 0 Å². The molecule has 1 fully saturated rings. The molecule has 1 aliphatic heterocycles. The lowest BCUT2D eigenvalue weighted by Gasteiger charge is -2.21. The van der Waals surface area contributed by atoms with Gasteiger partial charge in [0.25, 0.3) is 0 Å². The first-order valence-electron chi connectivity index (χ1n) is 5.40. The third-order valence-electron chi connectivity index (χ3n) is 2.43. The van der Waals surface area contributed by atoms with E-state index < -0.39 is 0 Å². The lowest BCUT2D eigenvalue weighted by molar-refractivity contribution is 0.0934. The molecule has 0 aromatic heterocycles.